The molecule has 1 aliphatic heterocycles. The van der Waals surface area contributed by atoms with Crippen LogP contribution in [0.15, 0.2) is 18.3 Å². The summed E-state index contributed by atoms with van der Waals surface area (Å²) in [6, 6.07) is 4.01. The van der Waals surface area contributed by atoms with Crippen molar-refractivity contribution in [2.75, 3.05) is 0 Å². The smallest absolute Gasteiger partial charge is 0.399 e. The van der Waals surface area contributed by atoms with Gasteiger partial charge >= 0.3 is 7.12 Å². The van der Waals surface area contributed by atoms with E-state index in [0.717, 1.165) is 11.4 Å². The van der Waals surface area contributed by atoms with Gasteiger partial charge in [-0.25, -0.2) is 8.91 Å². The predicted molar refractivity (Wildman–Crippen MR) is 102 cm³/mol. The molecule has 0 saturated carbocycles. The summed E-state index contributed by atoms with van der Waals surface area (Å²) in [5.41, 5.74) is 2.58. The van der Waals surface area contributed by atoms with Gasteiger partial charge in [0.1, 0.15) is 5.82 Å². The molecule has 3 aromatic heterocycles. The Bertz CT molecular complexity index is 1020. The first-order chi connectivity index (χ1) is 12.5. The lowest BCUT2D eigenvalue weighted by Gasteiger charge is -2.32. The molecule has 0 bridgehead atoms. The number of aromatic nitrogens is 4. The Labute approximate surface area is 158 Å². The number of pyridine rings is 1. The first-order valence-corrected chi connectivity index (χ1v) is 9.08. The Morgan fingerprint density at radius 1 is 1.00 bits per heavy atom. The molecule has 0 amide bonds. The van der Waals surface area contributed by atoms with Crippen LogP contribution >= 0.6 is 0 Å². The molecule has 1 aliphatic rings. The lowest BCUT2D eigenvalue weighted by molar-refractivity contribution is 0.00578. The van der Waals surface area contributed by atoms with Gasteiger partial charge < -0.3 is 9.31 Å². The van der Waals surface area contributed by atoms with Crippen LogP contribution in [0.1, 0.15) is 44.6 Å². The second-order valence-electron chi connectivity index (χ2n) is 8.24. The molecule has 8 heteroatoms. The number of hydrogen-bond donors (Lipinski definition) is 0. The second-order valence-corrected chi connectivity index (χ2v) is 8.24. The van der Waals surface area contributed by atoms with E-state index in [-0.39, 0.29) is 0 Å². The first kappa shape index (κ1) is 18.2. The maximum atomic E-state index is 15.0. The van der Waals surface area contributed by atoms with Gasteiger partial charge in [-0.15, -0.1) is 5.10 Å². The van der Waals surface area contributed by atoms with E-state index in [0.29, 0.717) is 22.6 Å². The molecule has 0 N–H and O–H groups in total. The minimum atomic E-state index is -0.782. The molecule has 4 heterocycles. The van der Waals surface area contributed by atoms with Gasteiger partial charge in [-0.2, -0.15) is 4.98 Å². The highest BCUT2D eigenvalue weighted by molar-refractivity contribution is 6.63. The summed E-state index contributed by atoms with van der Waals surface area (Å²) in [6.45, 7) is 13.6. The van der Waals surface area contributed by atoms with Crippen LogP contribution in [0.25, 0.3) is 11.6 Å². The summed E-state index contributed by atoms with van der Waals surface area (Å²) in [5.74, 6) is 0.0967. The number of halogens is 1. The summed E-state index contributed by atoms with van der Waals surface area (Å²) in [4.78, 5) is 4.66. The van der Waals surface area contributed by atoms with E-state index >= 15 is 0 Å². The highest BCUT2D eigenvalue weighted by atomic mass is 19.1. The summed E-state index contributed by atoms with van der Waals surface area (Å²) in [6.07, 6.45) is 1.34. The molecular weight excluding hydrogens is 346 g/mol. The predicted octanol–water partition coefficient (Wildman–Crippen LogP) is 2.88. The fraction of sp³-hybridized carbons (Fsp3) is 0.474. The lowest BCUT2D eigenvalue weighted by atomic mass is 9.76. The average molecular weight is 370 g/mol. The van der Waals surface area contributed by atoms with Crippen LogP contribution in [0.3, 0.4) is 0 Å². The van der Waals surface area contributed by atoms with Crippen molar-refractivity contribution in [1.82, 2.24) is 19.2 Å². The van der Waals surface area contributed by atoms with Crippen LogP contribution in [0, 0.1) is 26.6 Å². The molecular formula is C19H24BFN4O2. The van der Waals surface area contributed by atoms with Crippen molar-refractivity contribution in [2.45, 2.75) is 59.7 Å². The normalized spacial score (nSPS) is 18.6. The van der Waals surface area contributed by atoms with E-state index in [1.54, 1.807) is 0 Å². The van der Waals surface area contributed by atoms with Crippen molar-refractivity contribution in [3.63, 3.8) is 0 Å². The molecule has 4 rings (SSSR count). The maximum absolute atomic E-state index is 15.0. The lowest BCUT2D eigenvalue weighted by Crippen LogP contribution is -2.41. The largest absolute Gasteiger partial charge is 0.498 e. The van der Waals surface area contributed by atoms with Crippen molar-refractivity contribution in [2.24, 2.45) is 0 Å². The number of aryl methyl sites for hydroxylation is 3. The Morgan fingerprint density at radius 3 is 2.11 bits per heavy atom. The van der Waals surface area contributed by atoms with Crippen molar-refractivity contribution in [3.05, 3.63) is 41.1 Å². The molecule has 0 spiro atoms. The van der Waals surface area contributed by atoms with Gasteiger partial charge in [0.2, 0.25) is 0 Å². The van der Waals surface area contributed by atoms with Crippen LogP contribution < -0.4 is 5.46 Å². The molecule has 1 fully saturated rings. The van der Waals surface area contributed by atoms with Crippen molar-refractivity contribution in [1.29, 1.82) is 0 Å². The molecule has 0 aliphatic carbocycles. The minimum absolute atomic E-state index is 0.376. The quantitative estimate of drug-likeness (QED) is 0.651. The highest BCUT2D eigenvalue weighted by Gasteiger charge is 2.53. The summed E-state index contributed by atoms with van der Waals surface area (Å²) in [7, 11) is -0.782. The summed E-state index contributed by atoms with van der Waals surface area (Å²) >= 11 is 0. The fourth-order valence-electron chi connectivity index (χ4n) is 3.46. The van der Waals surface area contributed by atoms with E-state index in [2.05, 4.69) is 10.1 Å². The molecule has 0 atom stereocenters. The van der Waals surface area contributed by atoms with Gasteiger partial charge in [0.25, 0.3) is 5.95 Å². The van der Waals surface area contributed by atoms with Crippen LogP contribution in [-0.2, 0) is 9.31 Å². The van der Waals surface area contributed by atoms with E-state index in [1.807, 2.05) is 65.2 Å². The zero-order valence-electron chi connectivity index (χ0n) is 16.8. The first-order valence-electron chi connectivity index (χ1n) is 9.08. The third-order valence-electron chi connectivity index (χ3n) is 5.81. The van der Waals surface area contributed by atoms with Crippen LogP contribution in [0.5, 0.6) is 0 Å². The number of fused-ring (bicyclic) bond motifs is 1. The zero-order valence-corrected chi connectivity index (χ0v) is 16.8. The number of rotatable bonds is 2. The van der Waals surface area contributed by atoms with Crippen LogP contribution in [0.2, 0.25) is 0 Å². The van der Waals surface area contributed by atoms with Crippen molar-refractivity contribution >= 4 is 18.2 Å². The standard InChI is InChI=1S/C19H24BFN4O2/c1-11-8-9-12(2)25(11)17-22-16-13(3)15(14(21)10-24(16)23-17)20-26-18(4,5)19(6,7)27-20/h8-10H,1-7H3. The molecule has 0 aromatic carbocycles. The minimum Gasteiger partial charge on any atom is -0.399 e. The topological polar surface area (TPSA) is 53.6 Å². The third kappa shape index (κ3) is 2.62. The molecule has 3 aromatic rings. The summed E-state index contributed by atoms with van der Waals surface area (Å²) in [5, 5.41) is 4.47. The zero-order chi connectivity index (χ0) is 19.7. The van der Waals surface area contributed by atoms with E-state index in [4.69, 9.17) is 9.31 Å². The Morgan fingerprint density at radius 2 is 1.56 bits per heavy atom. The van der Waals surface area contributed by atoms with Crippen molar-refractivity contribution < 1.29 is 13.7 Å². The van der Waals surface area contributed by atoms with Crippen molar-refractivity contribution in [3.8, 4) is 5.95 Å². The van der Waals surface area contributed by atoms with E-state index in [1.165, 1.54) is 10.7 Å². The number of hydrogen-bond acceptors (Lipinski definition) is 4. The van der Waals surface area contributed by atoms with Gasteiger partial charge in [-0.3, -0.25) is 4.57 Å². The van der Waals surface area contributed by atoms with Gasteiger partial charge in [-0.1, -0.05) is 0 Å². The Kier molecular flexibility index (Phi) is 3.81. The maximum Gasteiger partial charge on any atom is 0.498 e. The highest BCUT2D eigenvalue weighted by Crippen LogP contribution is 2.37. The second kappa shape index (κ2) is 5.66. The SMILES string of the molecule is Cc1c(B2OC(C)(C)C(C)(C)O2)c(F)cn2nc(-n3c(C)ccc3C)nc12. The van der Waals surface area contributed by atoms with Gasteiger partial charge in [0.05, 0.1) is 17.4 Å². The molecule has 0 radical (unpaired) electrons. The molecule has 142 valence electrons. The third-order valence-corrected chi connectivity index (χ3v) is 5.81. The molecule has 1 saturated heterocycles. The van der Waals surface area contributed by atoms with Crippen LogP contribution in [0.4, 0.5) is 4.39 Å². The van der Waals surface area contributed by atoms with Gasteiger partial charge in [-0.05, 0) is 66.2 Å². The van der Waals surface area contributed by atoms with Gasteiger partial charge in [0, 0.05) is 16.9 Å². The monoisotopic (exact) mass is 370 g/mol. The van der Waals surface area contributed by atoms with Crippen LogP contribution in [-0.4, -0.2) is 37.5 Å². The summed E-state index contributed by atoms with van der Waals surface area (Å²) < 4.78 is 30.5. The van der Waals surface area contributed by atoms with E-state index < -0.39 is 24.1 Å². The molecule has 0 unspecified atom stereocenters. The number of nitrogens with zero attached hydrogens (tertiary/aromatic N) is 4. The molecule has 6 nitrogen and oxygen atoms in total. The Balaban J connectivity index is 1.85. The fourth-order valence-corrected chi connectivity index (χ4v) is 3.46. The molecule has 27 heavy (non-hydrogen) atoms. The average Bonchev–Trinajstić information content (AvgIpc) is 3.14. The Hall–Kier alpha value is -2.19. The van der Waals surface area contributed by atoms with E-state index in [9.17, 15) is 4.39 Å². The van der Waals surface area contributed by atoms with Gasteiger partial charge in [0.15, 0.2) is 5.65 Å².